The van der Waals surface area contributed by atoms with E-state index in [0.717, 1.165) is 83.2 Å². The van der Waals surface area contributed by atoms with Crippen LogP contribution in [0.15, 0.2) is 58.3 Å². The van der Waals surface area contributed by atoms with Crippen LogP contribution in [-0.4, -0.2) is 131 Å². The summed E-state index contributed by atoms with van der Waals surface area (Å²) in [5.41, 5.74) is 2.00. The summed E-state index contributed by atoms with van der Waals surface area (Å²) in [5, 5.41) is 17.3. The first-order chi connectivity index (χ1) is 25.5. The quantitative estimate of drug-likeness (QED) is 0.0459. The number of alkyl halides is 2. The smallest absolute Gasteiger partial charge is 0.296 e. The van der Waals surface area contributed by atoms with E-state index in [0.29, 0.717) is 26.1 Å². The third-order valence-electron chi connectivity index (χ3n) is 6.34. The van der Waals surface area contributed by atoms with E-state index in [1.807, 2.05) is 37.4 Å². The topological polar surface area (TPSA) is 146 Å². The molecule has 0 fully saturated rings. The molecule has 0 aliphatic rings. The fourth-order valence-electron chi connectivity index (χ4n) is 3.62. The molecule has 0 unspecified atom stereocenters. The van der Waals surface area contributed by atoms with Crippen LogP contribution in [0.3, 0.4) is 0 Å². The van der Waals surface area contributed by atoms with Crippen molar-refractivity contribution in [2.24, 2.45) is 0 Å². The van der Waals surface area contributed by atoms with E-state index < -0.39 is 20.2 Å². The minimum Gasteiger partial charge on any atom is -0.396 e. The maximum atomic E-state index is 12.1. The van der Waals surface area contributed by atoms with Gasteiger partial charge in [0, 0.05) is 36.2 Å². The molecule has 308 valence electrons. The van der Waals surface area contributed by atoms with Crippen LogP contribution >= 0.6 is 70.2 Å². The number of halogens is 2. The molecule has 2 rings (SSSR count). The third-order valence-corrected chi connectivity index (χ3v) is 13.1. The fraction of sp³-hybridized carbons (Fsp3) is 0.657. The summed E-state index contributed by atoms with van der Waals surface area (Å²) in [4.78, 5) is 0.364. The number of aliphatic hydroxyl groups excluding tert-OH is 2. The van der Waals surface area contributed by atoms with Crippen molar-refractivity contribution < 1.29 is 44.9 Å². The molecule has 2 aromatic carbocycles. The van der Waals surface area contributed by atoms with Gasteiger partial charge in [0.1, 0.15) is 0 Å². The number of hydrogen-bond donors (Lipinski definition) is 2. The molecule has 0 heterocycles. The molecule has 0 bridgehead atoms. The highest BCUT2D eigenvalue weighted by atomic mass is 35.5. The number of ether oxygens (including phenoxy) is 2. The van der Waals surface area contributed by atoms with Gasteiger partial charge in [-0.15, -0.1) is 23.2 Å². The Hall–Kier alpha value is 0.0800. The zero-order chi connectivity index (χ0) is 39.5. The fourth-order valence-corrected chi connectivity index (χ4v) is 8.58. The Bertz CT molecular complexity index is 1220. The lowest BCUT2D eigenvalue weighted by Crippen LogP contribution is -2.09. The molecular weight excluding hydrogens is 844 g/mol. The zero-order valence-electron chi connectivity index (χ0n) is 30.8. The molecule has 2 aromatic rings. The minimum absolute atomic E-state index is 0.163. The summed E-state index contributed by atoms with van der Waals surface area (Å²) in [6.45, 7) is 7.57. The number of thioether (sulfide) groups is 4. The lowest BCUT2D eigenvalue weighted by atomic mass is 10.2. The first-order valence-electron chi connectivity index (χ1n) is 17.3. The molecule has 2 N–H and O–H groups in total. The van der Waals surface area contributed by atoms with Crippen molar-refractivity contribution >= 4 is 90.5 Å². The molecule has 18 heteroatoms. The standard InChI is InChI=1S/C24H34O7S4.C10H22O3S2.CH2Cl2/c1-21-5-9-23(10-6-21)34(25,26)30-13-3-17-32-19-15-29-16-20-33-18-4-14-31-35(27,28)24-11-7-22(2)8-12-24;11-3-1-7-14-9-5-13-6-10-15-8-2-4-12;2-1-3/h5-12H,3-4,13-20H2,1-2H3;11-12H,1-10H2;1H2. The van der Waals surface area contributed by atoms with Gasteiger partial charge in [0.05, 0.1) is 54.8 Å². The van der Waals surface area contributed by atoms with Crippen LogP contribution in [0.4, 0.5) is 0 Å². The number of rotatable bonds is 30. The molecule has 0 saturated heterocycles. The lowest BCUT2D eigenvalue weighted by Gasteiger charge is -2.07. The van der Waals surface area contributed by atoms with Crippen LogP contribution in [-0.2, 0) is 38.1 Å². The second-order valence-electron chi connectivity index (χ2n) is 10.8. The highest BCUT2D eigenvalue weighted by molar-refractivity contribution is 7.99. The molecule has 0 radical (unpaired) electrons. The second kappa shape index (κ2) is 36.4. The first kappa shape index (κ1) is 53.1. The van der Waals surface area contributed by atoms with E-state index >= 15 is 0 Å². The van der Waals surface area contributed by atoms with Gasteiger partial charge in [-0.25, -0.2) is 0 Å². The first-order valence-corrected chi connectivity index (χ1v) is 25.8. The highest BCUT2D eigenvalue weighted by Gasteiger charge is 2.15. The highest BCUT2D eigenvalue weighted by Crippen LogP contribution is 2.15. The van der Waals surface area contributed by atoms with Gasteiger partial charge in [-0.1, -0.05) is 35.4 Å². The van der Waals surface area contributed by atoms with Gasteiger partial charge in [-0.05, 0) is 86.8 Å². The molecule has 0 amide bonds. The summed E-state index contributed by atoms with van der Waals surface area (Å²) in [7, 11) is -7.38. The van der Waals surface area contributed by atoms with Gasteiger partial charge in [0.2, 0.25) is 0 Å². The normalized spacial score (nSPS) is 11.4. The summed E-state index contributed by atoms with van der Waals surface area (Å²) < 4.78 is 69.5. The molecule has 53 heavy (non-hydrogen) atoms. The van der Waals surface area contributed by atoms with Gasteiger partial charge in [-0.3, -0.25) is 8.37 Å². The molecule has 0 aliphatic carbocycles. The number of aliphatic hydroxyl groups is 2. The van der Waals surface area contributed by atoms with Gasteiger partial charge in [0.15, 0.2) is 0 Å². The Morgan fingerprint density at radius 3 is 1.06 bits per heavy atom. The molecule has 0 saturated carbocycles. The summed E-state index contributed by atoms with van der Waals surface area (Å²) in [6.07, 6.45) is 3.05. The molecule has 0 atom stereocenters. The lowest BCUT2D eigenvalue weighted by molar-refractivity contribution is 0.167. The van der Waals surface area contributed by atoms with Crippen LogP contribution in [0, 0.1) is 13.8 Å². The van der Waals surface area contributed by atoms with Gasteiger partial charge in [-0.2, -0.15) is 63.9 Å². The Kier molecular flexibility index (Phi) is 36.5. The largest absolute Gasteiger partial charge is 0.396 e. The molecule has 0 spiro atoms. The number of hydrogen-bond acceptors (Lipinski definition) is 14. The van der Waals surface area contributed by atoms with Gasteiger partial charge < -0.3 is 19.7 Å². The van der Waals surface area contributed by atoms with E-state index in [9.17, 15) is 16.8 Å². The van der Waals surface area contributed by atoms with Crippen LogP contribution < -0.4 is 0 Å². The van der Waals surface area contributed by atoms with E-state index in [1.54, 1.807) is 72.1 Å². The van der Waals surface area contributed by atoms with Crippen molar-refractivity contribution in [2.45, 2.75) is 49.3 Å². The van der Waals surface area contributed by atoms with Gasteiger partial charge in [0.25, 0.3) is 20.2 Å². The predicted octanol–water partition coefficient (Wildman–Crippen LogP) is 7.33. The maximum absolute atomic E-state index is 12.1. The van der Waals surface area contributed by atoms with Crippen molar-refractivity contribution in [1.82, 2.24) is 0 Å². The zero-order valence-corrected chi connectivity index (χ0v) is 37.2. The van der Waals surface area contributed by atoms with E-state index in [-0.39, 0.29) is 41.6 Å². The van der Waals surface area contributed by atoms with Crippen molar-refractivity contribution in [2.75, 3.05) is 104 Å². The summed E-state index contributed by atoms with van der Waals surface area (Å²) in [5.74, 6) is 7.33. The van der Waals surface area contributed by atoms with E-state index in [4.69, 9.17) is 51.3 Å². The molecule has 0 aliphatic heterocycles. The van der Waals surface area contributed by atoms with Crippen molar-refractivity contribution in [3.05, 3.63) is 59.7 Å². The van der Waals surface area contributed by atoms with Crippen LogP contribution in [0.2, 0.25) is 0 Å². The molecular formula is C35H58Cl2O10S6. The second-order valence-corrected chi connectivity index (χ2v) is 19.8. The van der Waals surface area contributed by atoms with Gasteiger partial charge >= 0.3 is 0 Å². The SMILES string of the molecule is Cc1ccc(S(=O)(=O)OCCCSCCOCCSCCCOS(=O)(=O)c2ccc(C)cc2)cc1.ClCCl.OCCCSCCOCCSCCCO. The average molecular weight is 902 g/mol. The Balaban J connectivity index is 0.00000125. The van der Waals surface area contributed by atoms with Crippen molar-refractivity contribution in [3.63, 3.8) is 0 Å². The van der Waals surface area contributed by atoms with Crippen molar-refractivity contribution in [1.29, 1.82) is 0 Å². The predicted molar refractivity (Wildman–Crippen MR) is 229 cm³/mol. The monoisotopic (exact) mass is 900 g/mol. The van der Waals surface area contributed by atoms with Crippen LogP contribution in [0.25, 0.3) is 0 Å². The minimum atomic E-state index is -3.69. The van der Waals surface area contributed by atoms with Crippen molar-refractivity contribution in [3.8, 4) is 0 Å². The molecule has 10 nitrogen and oxygen atoms in total. The van der Waals surface area contributed by atoms with Crippen LogP contribution in [0.5, 0.6) is 0 Å². The molecule has 0 aromatic heterocycles. The Morgan fingerprint density at radius 1 is 0.491 bits per heavy atom. The van der Waals surface area contributed by atoms with E-state index in [2.05, 4.69) is 0 Å². The number of aryl methyl sites for hydroxylation is 2. The van der Waals surface area contributed by atoms with Crippen LogP contribution in [0.1, 0.15) is 36.8 Å². The third kappa shape index (κ3) is 31.8. The van der Waals surface area contributed by atoms with E-state index in [1.165, 1.54) is 0 Å². The summed E-state index contributed by atoms with van der Waals surface area (Å²) in [6, 6.07) is 13.2. The Labute approximate surface area is 346 Å². The Morgan fingerprint density at radius 2 is 0.774 bits per heavy atom. The maximum Gasteiger partial charge on any atom is 0.296 e. The number of benzene rings is 2. The summed E-state index contributed by atoms with van der Waals surface area (Å²) >= 11 is 16.6. The average Bonchev–Trinajstić information content (AvgIpc) is 3.13.